The molecule has 0 saturated carbocycles. The Morgan fingerprint density at radius 1 is 1.50 bits per heavy atom. The molecule has 1 rings (SSSR count). The molecule has 0 aromatic carbocycles. The van der Waals surface area contributed by atoms with Crippen molar-refractivity contribution in [2.45, 2.75) is 26.7 Å². The summed E-state index contributed by atoms with van der Waals surface area (Å²) in [6, 6.07) is 1.75. The monoisotopic (exact) mass is 173 g/mol. The number of aliphatic carboxylic acids is 1. The number of nitriles is 1. The predicted octanol–water partition coefficient (Wildman–Crippen LogP) is 1.42. The van der Waals surface area contributed by atoms with Crippen LogP contribution in [0.5, 0.6) is 0 Å². The molecular formula is C8H15NO3. The molecule has 1 aliphatic heterocycles. The normalized spacial score (nSPS) is 12.8. The lowest BCUT2D eigenvalue weighted by molar-refractivity contribution is -0.134. The summed E-state index contributed by atoms with van der Waals surface area (Å²) in [5, 5.41) is 14.7. The van der Waals surface area contributed by atoms with E-state index in [1.54, 1.807) is 6.07 Å². The van der Waals surface area contributed by atoms with E-state index in [9.17, 15) is 0 Å². The Morgan fingerprint density at radius 3 is 1.83 bits per heavy atom. The predicted molar refractivity (Wildman–Crippen MR) is 44.6 cm³/mol. The van der Waals surface area contributed by atoms with E-state index in [0.717, 1.165) is 20.1 Å². The fourth-order valence-electron chi connectivity index (χ4n) is 0.510. The maximum absolute atomic E-state index is 9.00. The molecule has 1 fully saturated rings. The molecule has 70 valence electrons. The molecule has 0 bridgehead atoms. The first kappa shape index (κ1) is 13.5. The zero-order valence-electron chi connectivity index (χ0n) is 7.54. The molecular weight excluding hydrogens is 158 g/mol. The third-order valence-corrected chi connectivity index (χ3v) is 0.827. The highest BCUT2D eigenvalue weighted by Crippen LogP contribution is 1.98. The van der Waals surface area contributed by atoms with Crippen molar-refractivity contribution in [3.8, 4) is 6.07 Å². The van der Waals surface area contributed by atoms with E-state index in [0.29, 0.717) is 0 Å². The molecule has 0 spiro atoms. The van der Waals surface area contributed by atoms with Crippen molar-refractivity contribution in [2.75, 3.05) is 13.2 Å². The van der Waals surface area contributed by atoms with E-state index in [-0.39, 0.29) is 0 Å². The van der Waals surface area contributed by atoms with E-state index in [2.05, 4.69) is 0 Å². The van der Waals surface area contributed by atoms with Gasteiger partial charge in [0.25, 0.3) is 5.97 Å². The highest BCUT2D eigenvalue weighted by molar-refractivity contribution is 5.62. The molecule has 4 heteroatoms. The van der Waals surface area contributed by atoms with E-state index in [1.165, 1.54) is 19.8 Å². The second-order valence-corrected chi connectivity index (χ2v) is 2.06. The van der Waals surface area contributed by atoms with E-state index >= 15 is 0 Å². The van der Waals surface area contributed by atoms with Crippen LogP contribution in [0.3, 0.4) is 0 Å². The zero-order valence-corrected chi connectivity index (χ0v) is 7.54. The van der Waals surface area contributed by atoms with Crippen molar-refractivity contribution in [2.24, 2.45) is 0 Å². The van der Waals surface area contributed by atoms with Gasteiger partial charge < -0.3 is 9.84 Å². The molecule has 0 aliphatic carbocycles. The van der Waals surface area contributed by atoms with Crippen molar-refractivity contribution >= 4 is 5.97 Å². The van der Waals surface area contributed by atoms with Crippen LogP contribution in [0.2, 0.25) is 0 Å². The fourth-order valence-corrected chi connectivity index (χ4v) is 0.510. The van der Waals surface area contributed by atoms with Gasteiger partial charge in [-0.15, -0.1) is 0 Å². The first-order valence-corrected chi connectivity index (χ1v) is 3.73. The molecule has 0 radical (unpaired) electrons. The summed E-state index contributed by atoms with van der Waals surface area (Å²) < 4.78 is 4.94. The average molecular weight is 173 g/mol. The number of hydrogen-bond donors (Lipinski definition) is 1. The van der Waals surface area contributed by atoms with Gasteiger partial charge in [0.1, 0.15) is 0 Å². The zero-order chi connectivity index (χ0) is 9.82. The molecule has 1 heterocycles. The number of hydrogen-bond acceptors (Lipinski definition) is 3. The van der Waals surface area contributed by atoms with Gasteiger partial charge in [0.2, 0.25) is 0 Å². The van der Waals surface area contributed by atoms with Crippen LogP contribution in [0.25, 0.3) is 0 Å². The van der Waals surface area contributed by atoms with Gasteiger partial charge in [-0.3, -0.25) is 4.79 Å². The minimum atomic E-state index is -0.833. The van der Waals surface area contributed by atoms with Gasteiger partial charge in [0.05, 0.1) is 6.07 Å². The van der Waals surface area contributed by atoms with Crippen LogP contribution >= 0.6 is 0 Å². The lowest BCUT2D eigenvalue weighted by Gasteiger charge is -1.76. The topological polar surface area (TPSA) is 70.3 Å². The maximum atomic E-state index is 9.00. The molecule has 1 saturated heterocycles. The SMILES string of the molecule is C1CCOC1.CC#N.CC(=O)O. The number of nitrogens with zero attached hydrogens (tertiary/aromatic N) is 1. The number of carbonyl (C=O) groups is 1. The number of carboxylic acids is 1. The lowest BCUT2D eigenvalue weighted by atomic mass is 10.4. The van der Waals surface area contributed by atoms with E-state index < -0.39 is 5.97 Å². The van der Waals surface area contributed by atoms with Gasteiger partial charge in [-0.25, -0.2) is 0 Å². The van der Waals surface area contributed by atoms with Gasteiger partial charge in [-0.2, -0.15) is 5.26 Å². The van der Waals surface area contributed by atoms with Crippen LogP contribution < -0.4 is 0 Å². The molecule has 0 unspecified atom stereocenters. The lowest BCUT2D eigenvalue weighted by Crippen LogP contribution is -1.78. The van der Waals surface area contributed by atoms with Crippen LogP contribution in [0, 0.1) is 11.3 Å². The van der Waals surface area contributed by atoms with Crippen molar-refractivity contribution in [3.63, 3.8) is 0 Å². The summed E-state index contributed by atoms with van der Waals surface area (Å²) in [5.41, 5.74) is 0. The Morgan fingerprint density at radius 2 is 1.75 bits per heavy atom. The first-order chi connectivity index (χ1) is 5.65. The van der Waals surface area contributed by atoms with E-state index in [1.807, 2.05) is 0 Å². The summed E-state index contributed by atoms with van der Waals surface area (Å²) in [7, 11) is 0. The molecule has 4 nitrogen and oxygen atoms in total. The van der Waals surface area contributed by atoms with Crippen molar-refractivity contribution in [1.82, 2.24) is 0 Å². The minimum Gasteiger partial charge on any atom is -0.481 e. The third-order valence-electron chi connectivity index (χ3n) is 0.827. The summed E-state index contributed by atoms with van der Waals surface area (Å²) in [6.07, 6.45) is 2.56. The van der Waals surface area contributed by atoms with Crippen LogP contribution in [0.1, 0.15) is 26.7 Å². The average Bonchev–Trinajstić information content (AvgIpc) is 2.40. The Balaban J connectivity index is 0. The Labute approximate surface area is 72.8 Å². The van der Waals surface area contributed by atoms with Crippen LogP contribution in [-0.2, 0) is 9.53 Å². The Bertz CT molecular complexity index is 124. The van der Waals surface area contributed by atoms with Gasteiger partial charge in [-0.05, 0) is 12.8 Å². The van der Waals surface area contributed by atoms with Gasteiger partial charge >= 0.3 is 0 Å². The Kier molecular flexibility index (Phi) is 14.2. The highest BCUT2D eigenvalue weighted by atomic mass is 16.5. The summed E-state index contributed by atoms with van der Waals surface area (Å²) >= 11 is 0. The summed E-state index contributed by atoms with van der Waals surface area (Å²) in [5.74, 6) is -0.833. The van der Waals surface area contributed by atoms with Crippen LogP contribution in [0.4, 0.5) is 0 Å². The van der Waals surface area contributed by atoms with Gasteiger partial charge in [-0.1, -0.05) is 0 Å². The van der Waals surface area contributed by atoms with Crippen LogP contribution in [0.15, 0.2) is 0 Å². The van der Waals surface area contributed by atoms with Gasteiger partial charge in [0.15, 0.2) is 0 Å². The minimum absolute atomic E-state index is 0.833. The number of rotatable bonds is 0. The van der Waals surface area contributed by atoms with Crippen molar-refractivity contribution < 1.29 is 14.6 Å². The summed E-state index contributed by atoms with van der Waals surface area (Å²) in [6.45, 7) is 4.51. The van der Waals surface area contributed by atoms with Crippen molar-refractivity contribution in [3.05, 3.63) is 0 Å². The standard InChI is InChI=1S/C4H8O.C2H3N.C2H4O2/c1-2-4-5-3-1;1-2-3;1-2(3)4/h1-4H2;1H3;1H3,(H,3,4). The second-order valence-electron chi connectivity index (χ2n) is 2.06. The third kappa shape index (κ3) is 36.4. The number of carboxylic acid groups (broad SMARTS) is 1. The molecule has 12 heavy (non-hydrogen) atoms. The molecule has 0 amide bonds. The molecule has 1 aliphatic rings. The molecule has 0 aromatic rings. The smallest absolute Gasteiger partial charge is 0.300 e. The second kappa shape index (κ2) is 12.6. The maximum Gasteiger partial charge on any atom is 0.300 e. The quantitative estimate of drug-likeness (QED) is 0.601. The largest absolute Gasteiger partial charge is 0.481 e. The first-order valence-electron chi connectivity index (χ1n) is 3.73. The highest BCUT2D eigenvalue weighted by Gasteiger charge is 1.94. The molecule has 1 N–H and O–H groups in total. The van der Waals surface area contributed by atoms with Crippen LogP contribution in [-0.4, -0.2) is 24.3 Å². The summed E-state index contributed by atoms with van der Waals surface area (Å²) in [4.78, 5) is 9.00. The Hall–Kier alpha value is -1.08. The van der Waals surface area contributed by atoms with Gasteiger partial charge in [0, 0.05) is 27.1 Å². The van der Waals surface area contributed by atoms with E-state index in [4.69, 9.17) is 19.9 Å². The molecule has 0 atom stereocenters. The number of ether oxygens (including phenoxy) is 1. The fraction of sp³-hybridized carbons (Fsp3) is 0.750. The molecule has 0 aromatic heterocycles. The van der Waals surface area contributed by atoms with Crippen molar-refractivity contribution in [1.29, 1.82) is 5.26 Å².